The molecule has 6 nitrogen and oxygen atoms in total. The molecule has 152 valence electrons. The monoisotopic (exact) mass is 422 g/mol. The molecule has 0 radical (unpaired) electrons. The SMILES string of the molecule is Cn1ccnc1Sc1ccc(NC(=O)CCc2ncc(-c3ccccc3F)o2)cc1. The number of carbonyl (C=O) groups excluding carboxylic acids is 1. The summed E-state index contributed by atoms with van der Waals surface area (Å²) >= 11 is 1.55. The molecular formula is C22H19FN4O2S. The molecule has 2 heterocycles. The second-order valence-corrected chi connectivity index (χ2v) is 7.63. The molecule has 4 rings (SSSR count). The molecule has 0 aliphatic carbocycles. The zero-order valence-electron chi connectivity index (χ0n) is 16.2. The highest BCUT2D eigenvalue weighted by Crippen LogP contribution is 2.27. The van der Waals surface area contributed by atoms with Gasteiger partial charge >= 0.3 is 0 Å². The first-order valence-corrected chi connectivity index (χ1v) is 10.1. The molecule has 0 saturated carbocycles. The first-order chi connectivity index (χ1) is 14.6. The van der Waals surface area contributed by atoms with Gasteiger partial charge in [0, 0.05) is 42.9 Å². The predicted molar refractivity (Wildman–Crippen MR) is 113 cm³/mol. The second-order valence-electron chi connectivity index (χ2n) is 6.59. The number of nitrogens with one attached hydrogen (secondary N) is 1. The number of nitrogens with zero attached hydrogens (tertiary/aromatic N) is 3. The molecule has 0 unspecified atom stereocenters. The van der Waals surface area contributed by atoms with Crippen LogP contribution in [0.5, 0.6) is 0 Å². The lowest BCUT2D eigenvalue weighted by atomic mass is 10.2. The lowest BCUT2D eigenvalue weighted by Crippen LogP contribution is -2.12. The Morgan fingerprint density at radius 1 is 1.17 bits per heavy atom. The third-order valence-corrected chi connectivity index (χ3v) is 5.47. The van der Waals surface area contributed by atoms with E-state index >= 15 is 0 Å². The van der Waals surface area contributed by atoms with Crippen molar-refractivity contribution in [1.29, 1.82) is 0 Å². The van der Waals surface area contributed by atoms with Crippen LogP contribution in [0.2, 0.25) is 0 Å². The number of benzene rings is 2. The fraction of sp³-hybridized carbons (Fsp3) is 0.136. The maximum Gasteiger partial charge on any atom is 0.224 e. The fourth-order valence-corrected chi connectivity index (χ4v) is 3.62. The summed E-state index contributed by atoms with van der Waals surface area (Å²) in [5.74, 6) is 0.224. The van der Waals surface area contributed by atoms with Crippen molar-refractivity contribution < 1.29 is 13.6 Å². The van der Waals surface area contributed by atoms with Gasteiger partial charge in [-0.1, -0.05) is 23.9 Å². The molecule has 8 heteroatoms. The van der Waals surface area contributed by atoms with Crippen LogP contribution in [0.4, 0.5) is 10.1 Å². The summed E-state index contributed by atoms with van der Waals surface area (Å²) in [6.45, 7) is 0. The number of halogens is 1. The molecule has 2 aromatic heterocycles. The molecule has 2 aromatic carbocycles. The normalized spacial score (nSPS) is 10.9. The van der Waals surface area contributed by atoms with Crippen molar-refractivity contribution in [3.63, 3.8) is 0 Å². The largest absolute Gasteiger partial charge is 0.441 e. The van der Waals surface area contributed by atoms with E-state index in [0.29, 0.717) is 29.3 Å². The molecule has 0 saturated heterocycles. The summed E-state index contributed by atoms with van der Waals surface area (Å²) in [5.41, 5.74) is 1.06. The Bertz CT molecular complexity index is 1150. The summed E-state index contributed by atoms with van der Waals surface area (Å²) in [6, 6.07) is 13.9. The molecular weight excluding hydrogens is 403 g/mol. The van der Waals surface area contributed by atoms with Gasteiger partial charge in [-0.3, -0.25) is 4.79 Å². The van der Waals surface area contributed by atoms with E-state index in [0.717, 1.165) is 10.1 Å². The van der Waals surface area contributed by atoms with Crippen LogP contribution in [0.3, 0.4) is 0 Å². The van der Waals surface area contributed by atoms with Gasteiger partial charge in [0.15, 0.2) is 16.8 Å². The average molecular weight is 422 g/mol. The summed E-state index contributed by atoms with van der Waals surface area (Å²) in [4.78, 5) is 21.7. The molecule has 0 fully saturated rings. The van der Waals surface area contributed by atoms with E-state index in [2.05, 4.69) is 15.3 Å². The highest BCUT2D eigenvalue weighted by atomic mass is 32.2. The fourth-order valence-electron chi connectivity index (χ4n) is 2.82. The van der Waals surface area contributed by atoms with Gasteiger partial charge in [0.2, 0.25) is 5.91 Å². The standard InChI is InChI=1S/C22H19FN4O2S/c1-27-13-12-24-22(27)30-16-8-6-15(7-9-16)26-20(28)10-11-21-25-14-19(29-21)17-4-2-3-5-18(17)23/h2-9,12-14H,10-11H2,1H3,(H,26,28). The highest BCUT2D eigenvalue weighted by molar-refractivity contribution is 7.99. The third-order valence-electron chi connectivity index (χ3n) is 4.38. The van der Waals surface area contributed by atoms with E-state index in [1.54, 1.807) is 36.2 Å². The Hall–Kier alpha value is -3.39. The Morgan fingerprint density at radius 2 is 1.97 bits per heavy atom. The number of rotatable bonds is 7. The maximum absolute atomic E-state index is 13.8. The van der Waals surface area contributed by atoms with Crippen LogP contribution >= 0.6 is 11.8 Å². The summed E-state index contributed by atoms with van der Waals surface area (Å²) < 4.78 is 21.4. The van der Waals surface area contributed by atoms with Crippen molar-refractivity contribution in [2.45, 2.75) is 22.9 Å². The highest BCUT2D eigenvalue weighted by Gasteiger charge is 2.12. The Morgan fingerprint density at radius 3 is 2.70 bits per heavy atom. The Balaban J connectivity index is 1.30. The molecule has 0 atom stereocenters. The van der Waals surface area contributed by atoms with E-state index in [1.165, 1.54) is 12.3 Å². The van der Waals surface area contributed by atoms with E-state index in [-0.39, 0.29) is 18.1 Å². The number of anilines is 1. The third kappa shape index (κ3) is 4.77. The van der Waals surface area contributed by atoms with Gasteiger partial charge in [0.05, 0.1) is 11.8 Å². The van der Waals surface area contributed by atoms with Crippen LogP contribution in [0.25, 0.3) is 11.3 Å². The summed E-state index contributed by atoms with van der Waals surface area (Å²) in [5, 5.41) is 3.75. The van der Waals surface area contributed by atoms with Gasteiger partial charge in [0.25, 0.3) is 0 Å². The second kappa shape index (κ2) is 8.96. The number of hydrogen-bond donors (Lipinski definition) is 1. The summed E-state index contributed by atoms with van der Waals surface area (Å²) in [6.07, 6.45) is 5.66. The topological polar surface area (TPSA) is 73.0 Å². The molecule has 1 N–H and O–H groups in total. The molecule has 0 aliphatic heterocycles. The van der Waals surface area contributed by atoms with Crippen molar-refractivity contribution in [2.75, 3.05) is 5.32 Å². The van der Waals surface area contributed by atoms with Crippen LogP contribution in [0, 0.1) is 5.82 Å². The average Bonchev–Trinajstić information content (AvgIpc) is 3.38. The van der Waals surface area contributed by atoms with E-state index < -0.39 is 0 Å². The molecule has 4 aromatic rings. The first-order valence-electron chi connectivity index (χ1n) is 9.33. The number of aryl methyl sites for hydroxylation is 2. The molecule has 0 aliphatic rings. The smallest absolute Gasteiger partial charge is 0.224 e. The zero-order chi connectivity index (χ0) is 20.9. The summed E-state index contributed by atoms with van der Waals surface area (Å²) in [7, 11) is 1.94. The van der Waals surface area contributed by atoms with E-state index in [1.807, 2.05) is 42.1 Å². The number of aromatic nitrogens is 3. The number of oxazole rings is 1. The van der Waals surface area contributed by atoms with Crippen molar-refractivity contribution in [1.82, 2.24) is 14.5 Å². The Labute approximate surface area is 177 Å². The van der Waals surface area contributed by atoms with Crippen LogP contribution in [-0.2, 0) is 18.3 Å². The number of amides is 1. The molecule has 0 bridgehead atoms. The molecule has 1 amide bonds. The quantitative estimate of drug-likeness (QED) is 0.457. The van der Waals surface area contributed by atoms with Crippen molar-refractivity contribution in [3.8, 4) is 11.3 Å². The van der Waals surface area contributed by atoms with Gasteiger partial charge in [-0.05, 0) is 36.4 Å². The molecule has 30 heavy (non-hydrogen) atoms. The minimum Gasteiger partial charge on any atom is -0.441 e. The predicted octanol–water partition coefficient (Wildman–Crippen LogP) is 4.94. The minimum absolute atomic E-state index is 0.148. The number of hydrogen-bond acceptors (Lipinski definition) is 5. The van der Waals surface area contributed by atoms with Gasteiger partial charge in [0.1, 0.15) is 5.82 Å². The van der Waals surface area contributed by atoms with Crippen LogP contribution in [0.1, 0.15) is 12.3 Å². The van der Waals surface area contributed by atoms with Gasteiger partial charge in [-0.2, -0.15) is 0 Å². The van der Waals surface area contributed by atoms with Crippen molar-refractivity contribution in [3.05, 3.63) is 78.8 Å². The number of carbonyl (C=O) groups is 1. The van der Waals surface area contributed by atoms with Crippen molar-refractivity contribution >= 4 is 23.4 Å². The van der Waals surface area contributed by atoms with Gasteiger partial charge < -0.3 is 14.3 Å². The van der Waals surface area contributed by atoms with E-state index in [9.17, 15) is 9.18 Å². The lowest BCUT2D eigenvalue weighted by Gasteiger charge is -2.06. The molecule has 0 spiro atoms. The van der Waals surface area contributed by atoms with Gasteiger partial charge in [-0.25, -0.2) is 14.4 Å². The van der Waals surface area contributed by atoms with Crippen LogP contribution < -0.4 is 5.32 Å². The number of imidazole rings is 1. The zero-order valence-corrected chi connectivity index (χ0v) is 17.0. The minimum atomic E-state index is -0.373. The van der Waals surface area contributed by atoms with Crippen molar-refractivity contribution in [2.24, 2.45) is 7.05 Å². The van der Waals surface area contributed by atoms with E-state index in [4.69, 9.17) is 4.42 Å². The van der Waals surface area contributed by atoms with Crippen LogP contribution in [-0.4, -0.2) is 20.4 Å². The first kappa shape index (κ1) is 19.9. The lowest BCUT2D eigenvalue weighted by molar-refractivity contribution is -0.116. The van der Waals surface area contributed by atoms with Gasteiger partial charge in [-0.15, -0.1) is 0 Å². The van der Waals surface area contributed by atoms with Crippen LogP contribution in [0.15, 0.2) is 81.6 Å². The maximum atomic E-state index is 13.8. The Kier molecular flexibility index (Phi) is 5.94.